The third-order valence-electron chi connectivity index (χ3n) is 2.45. The molecule has 0 aliphatic rings. The molecule has 0 saturated carbocycles. The van der Waals surface area contributed by atoms with Crippen molar-refractivity contribution in [3.05, 3.63) is 59.3 Å². The third kappa shape index (κ3) is 3.48. The number of carbonyl (C=O) groups is 2. The van der Waals surface area contributed by atoms with Gasteiger partial charge in [-0.05, 0) is 41.5 Å². The molecule has 2 aromatic rings. The van der Waals surface area contributed by atoms with Crippen LogP contribution in [-0.2, 0) is 0 Å². The lowest BCUT2D eigenvalue weighted by Crippen LogP contribution is -2.00. The summed E-state index contributed by atoms with van der Waals surface area (Å²) in [5.74, 6) is 0.154. The van der Waals surface area contributed by atoms with Gasteiger partial charge in [0, 0.05) is 6.42 Å². The maximum atomic E-state index is 11.9. The second-order valence-corrected chi connectivity index (χ2v) is 4.67. The highest BCUT2D eigenvalue weighted by atomic mass is 32.2. The van der Waals surface area contributed by atoms with Gasteiger partial charge in [-0.2, -0.15) is 0 Å². The zero-order valence-electron chi connectivity index (χ0n) is 10.3. The van der Waals surface area contributed by atoms with Crippen molar-refractivity contribution in [2.45, 2.75) is 6.42 Å². The van der Waals surface area contributed by atoms with Gasteiger partial charge >= 0.3 is 0 Å². The average Bonchev–Trinajstić information content (AvgIpc) is 3.09. The molecule has 4 nitrogen and oxygen atoms in total. The highest BCUT2D eigenvalue weighted by Crippen LogP contribution is 2.20. The summed E-state index contributed by atoms with van der Waals surface area (Å²) in [5.41, 5.74) is 0. The van der Waals surface area contributed by atoms with E-state index in [0.29, 0.717) is 10.7 Å². The minimum absolute atomic E-state index is 0.140. The van der Waals surface area contributed by atoms with Gasteiger partial charge in [0.1, 0.15) is 0 Å². The van der Waals surface area contributed by atoms with Crippen LogP contribution in [0, 0.1) is 0 Å². The Morgan fingerprint density at radius 3 is 2.32 bits per heavy atom. The molecule has 0 saturated heterocycles. The van der Waals surface area contributed by atoms with Crippen LogP contribution in [-0.4, -0.2) is 17.8 Å². The largest absolute Gasteiger partial charge is 0.461 e. The number of thioether (sulfide) groups is 1. The number of rotatable bonds is 6. The molecule has 2 heterocycles. The molecule has 0 bridgehead atoms. The van der Waals surface area contributed by atoms with Crippen molar-refractivity contribution in [2.24, 2.45) is 0 Å². The number of hydrogen-bond acceptors (Lipinski definition) is 5. The molecule has 0 N–H and O–H groups in total. The molecule has 0 spiro atoms. The third-order valence-corrected chi connectivity index (χ3v) is 3.24. The molecule has 5 heteroatoms. The summed E-state index contributed by atoms with van der Waals surface area (Å²) in [6, 6.07) is 6.50. The lowest BCUT2D eigenvalue weighted by Gasteiger charge is -2.01. The second kappa shape index (κ2) is 6.24. The minimum Gasteiger partial charge on any atom is -0.461 e. The van der Waals surface area contributed by atoms with Gasteiger partial charge in [0.2, 0.25) is 11.6 Å². The molecule has 19 heavy (non-hydrogen) atoms. The number of ketones is 2. The number of carbonyl (C=O) groups excluding carboxylic acids is 2. The lowest BCUT2D eigenvalue weighted by atomic mass is 10.2. The standard InChI is InChI=1S/C14H12O4S/c1-19-10(8-11(15)13-4-2-6-17-13)9-12(16)14-5-3-7-18-14/h2-8H,9H2,1H3/b10-8+. The molecule has 0 atom stereocenters. The molecule has 0 amide bonds. The van der Waals surface area contributed by atoms with E-state index in [0.717, 1.165) is 0 Å². The van der Waals surface area contributed by atoms with E-state index in [4.69, 9.17) is 8.83 Å². The molecule has 0 aromatic carbocycles. The lowest BCUT2D eigenvalue weighted by molar-refractivity contribution is 0.0968. The van der Waals surface area contributed by atoms with Crippen molar-refractivity contribution >= 4 is 23.3 Å². The molecular weight excluding hydrogens is 264 g/mol. The van der Waals surface area contributed by atoms with Gasteiger partial charge in [-0.3, -0.25) is 9.59 Å². The Morgan fingerprint density at radius 2 is 1.79 bits per heavy atom. The van der Waals surface area contributed by atoms with Crippen LogP contribution in [0.1, 0.15) is 27.5 Å². The normalized spacial score (nSPS) is 11.5. The van der Waals surface area contributed by atoms with E-state index in [1.54, 1.807) is 24.3 Å². The van der Waals surface area contributed by atoms with Gasteiger partial charge in [0.05, 0.1) is 12.5 Å². The topological polar surface area (TPSA) is 60.4 Å². The highest BCUT2D eigenvalue weighted by Gasteiger charge is 2.13. The van der Waals surface area contributed by atoms with E-state index >= 15 is 0 Å². The fourth-order valence-electron chi connectivity index (χ4n) is 1.50. The zero-order chi connectivity index (χ0) is 13.7. The number of furan rings is 2. The van der Waals surface area contributed by atoms with Crippen LogP contribution in [0.3, 0.4) is 0 Å². The summed E-state index contributed by atoms with van der Waals surface area (Å²) in [6.07, 6.45) is 6.26. The van der Waals surface area contributed by atoms with Crippen LogP contribution < -0.4 is 0 Å². The van der Waals surface area contributed by atoms with E-state index in [1.807, 2.05) is 6.26 Å². The summed E-state index contributed by atoms with van der Waals surface area (Å²) >= 11 is 1.36. The van der Waals surface area contributed by atoms with Gasteiger partial charge in [-0.25, -0.2) is 0 Å². The Labute approximate surface area is 114 Å². The summed E-state index contributed by atoms with van der Waals surface area (Å²) in [6.45, 7) is 0. The second-order valence-electron chi connectivity index (χ2n) is 3.73. The van der Waals surface area contributed by atoms with Gasteiger partial charge < -0.3 is 8.83 Å². The van der Waals surface area contributed by atoms with Crippen molar-refractivity contribution in [1.29, 1.82) is 0 Å². The van der Waals surface area contributed by atoms with E-state index in [1.165, 1.54) is 30.4 Å². The summed E-state index contributed by atoms with van der Waals surface area (Å²) in [4.78, 5) is 24.4. The minimum atomic E-state index is -0.249. The molecule has 0 aliphatic heterocycles. The number of Topliss-reactive ketones (excluding diaryl/α,β-unsaturated/α-hetero) is 1. The van der Waals surface area contributed by atoms with Crippen molar-refractivity contribution < 1.29 is 18.4 Å². The van der Waals surface area contributed by atoms with Crippen molar-refractivity contribution in [3.63, 3.8) is 0 Å². The maximum Gasteiger partial charge on any atom is 0.221 e. The van der Waals surface area contributed by atoms with Crippen LogP contribution in [0.25, 0.3) is 0 Å². The summed E-state index contributed by atoms with van der Waals surface area (Å²) in [5, 5.41) is 0. The van der Waals surface area contributed by atoms with E-state index < -0.39 is 0 Å². The van der Waals surface area contributed by atoms with Crippen molar-refractivity contribution in [2.75, 3.05) is 6.26 Å². The molecule has 0 radical (unpaired) electrons. The predicted octanol–water partition coefficient (Wildman–Crippen LogP) is 3.58. The molecule has 2 aromatic heterocycles. The van der Waals surface area contributed by atoms with Gasteiger partial charge in [-0.15, -0.1) is 11.8 Å². The van der Waals surface area contributed by atoms with Crippen LogP contribution in [0.15, 0.2) is 56.6 Å². The van der Waals surface area contributed by atoms with E-state index in [9.17, 15) is 9.59 Å². The Hall–Kier alpha value is -2.01. The Morgan fingerprint density at radius 1 is 1.16 bits per heavy atom. The van der Waals surface area contributed by atoms with Crippen molar-refractivity contribution in [1.82, 2.24) is 0 Å². The van der Waals surface area contributed by atoms with Crippen LogP contribution >= 0.6 is 11.8 Å². The smallest absolute Gasteiger partial charge is 0.221 e. The molecular formula is C14H12O4S. The Kier molecular flexibility index (Phi) is 4.41. The van der Waals surface area contributed by atoms with Gasteiger partial charge in [0.25, 0.3) is 0 Å². The highest BCUT2D eigenvalue weighted by molar-refractivity contribution is 8.02. The van der Waals surface area contributed by atoms with Gasteiger partial charge in [0.15, 0.2) is 11.5 Å². The molecule has 0 aliphatic carbocycles. The number of allylic oxidation sites excluding steroid dienone is 2. The average molecular weight is 276 g/mol. The first kappa shape index (κ1) is 13.4. The van der Waals surface area contributed by atoms with E-state index in [2.05, 4.69) is 0 Å². The summed E-state index contributed by atoms with van der Waals surface area (Å²) in [7, 11) is 0. The maximum absolute atomic E-state index is 11.9. The van der Waals surface area contributed by atoms with E-state index in [-0.39, 0.29) is 23.7 Å². The first-order valence-electron chi connectivity index (χ1n) is 5.60. The Bertz CT molecular complexity index is 579. The number of hydrogen-bond donors (Lipinski definition) is 0. The molecule has 2 rings (SSSR count). The van der Waals surface area contributed by atoms with Crippen molar-refractivity contribution in [3.8, 4) is 0 Å². The quantitative estimate of drug-likeness (QED) is 0.596. The Balaban J connectivity index is 2.08. The predicted molar refractivity (Wildman–Crippen MR) is 72.3 cm³/mol. The fraction of sp³-hybridized carbons (Fsp3) is 0.143. The molecule has 0 fully saturated rings. The first-order valence-corrected chi connectivity index (χ1v) is 6.82. The molecule has 0 unspecified atom stereocenters. The van der Waals surface area contributed by atoms with Crippen LogP contribution in [0.4, 0.5) is 0 Å². The van der Waals surface area contributed by atoms with Crippen LogP contribution in [0.2, 0.25) is 0 Å². The monoisotopic (exact) mass is 276 g/mol. The fourth-order valence-corrected chi connectivity index (χ4v) is 2.00. The van der Waals surface area contributed by atoms with Gasteiger partial charge in [-0.1, -0.05) is 0 Å². The molecule has 98 valence electrons. The zero-order valence-corrected chi connectivity index (χ0v) is 11.1. The SMILES string of the molecule is CS/C(=C/C(=O)c1ccco1)CC(=O)c1ccco1. The first-order chi connectivity index (χ1) is 9.20. The summed E-state index contributed by atoms with van der Waals surface area (Å²) < 4.78 is 10.0. The van der Waals surface area contributed by atoms with Crippen LogP contribution in [0.5, 0.6) is 0 Å².